The maximum Gasteiger partial charge on any atom is 0.231 e. The van der Waals surface area contributed by atoms with Crippen molar-refractivity contribution in [1.82, 2.24) is 0 Å². The van der Waals surface area contributed by atoms with Crippen LogP contribution in [0.5, 0.6) is 0 Å². The second kappa shape index (κ2) is 6.68. The summed E-state index contributed by atoms with van der Waals surface area (Å²) in [5, 5.41) is 5.89. The summed E-state index contributed by atoms with van der Waals surface area (Å²) < 4.78 is 22.0. The van der Waals surface area contributed by atoms with Gasteiger partial charge in [-0.2, -0.15) is 0 Å². The monoisotopic (exact) mass is 315 g/mol. The van der Waals surface area contributed by atoms with Crippen LogP contribution in [0.4, 0.5) is 0 Å². The maximum absolute atomic E-state index is 12.5. The number of carbonyl (C=O) groups excluding carboxylic acids is 1. The van der Waals surface area contributed by atoms with Gasteiger partial charge in [-0.15, -0.1) is 0 Å². The zero-order valence-corrected chi connectivity index (χ0v) is 13.0. The summed E-state index contributed by atoms with van der Waals surface area (Å²) in [5.74, 6) is -0.0962. The number of rotatable bonds is 5. The first kappa shape index (κ1) is 16.1. The summed E-state index contributed by atoms with van der Waals surface area (Å²) in [6, 6.07) is 14.3. The van der Waals surface area contributed by atoms with Crippen LogP contribution in [0.1, 0.15) is 34.0 Å². The Balaban J connectivity index is 2.44. The molecule has 4 nitrogen and oxygen atoms in total. The third-order valence-corrected chi connectivity index (χ3v) is 3.69. The van der Waals surface area contributed by atoms with Crippen LogP contribution in [0, 0.1) is 0 Å². The molecule has 0 spiro atoms. The lowest BCUT2D eigenvalue weighted by Crippen LogP contribution is -2.07. The van der Waals surface area contributed by atoms with Crippen molar-refractivity contribution in [3.8, 4) is 0 Å². The Morgan fingerprint density at radius 3 is 2.36 bits per heavy atom. The van der Waals surface area contributed by atoms with E-state index in [1.807, 2.05) is 25.1 Å². The van der Waals surface area contributed by atoms with Gasteiger partial charge >= 0.3 is 0 Å². The topological polar surface area (TPSA) is 77.2 Å². The first-order chi connectivity index (χ1) is 10.4. The Hall–Kier alpha value is -2.24. The molecule has 0 heterocycles. The van der Waals surface area contributed by atoms with Crippen LogP contribution in [-0.2, 0) is 16.4 Å². The summed E-state index contributed by atoms with van der Waals surface area (Å²) in [6.07, 6.45) is 2.14. The Morgan fingerprint density at radius 1 is 1.09 bits per heavy atom. The molecule has 2 rings (SSSR count). The molecule has 0 unspecified atom stereocenters. The predicted molar refractivity (Wildman–Crippen MR) is 87.8 cm³/mol. The number of benzene rings is 2. The van der Waals surface area contributed by atoms with E-state index in [0.29, 0.717) is 16.7 Å². The molecule has 0 radical (unpaired) electrons. The number of hydrogen-bond donors (Lipinski definition) is 1. The van der Waals surface area contributed by atoms with Gasteiger partial charge in [0.2, 0.25) is 10.0 Å². The fraction of sp³-hybridized carbons (Fsp3) is 0.118. The second-order valence-corrected chi connectivity index (χ2v) is 6.35. The van der Waals surface area contributed by atoms with Crippen molar-refractivity contribution in [2.45, 2.75) is 13.3 Å². The van der Waals surface area contributed by atoms with Crippen molar-refractivity contribution < 1.29 is 13.2 Å². The van der Waals surface area contributed by atoms with E-state index in [9.17, 15) is 13.2 Å². The van der Waals surface area contributed by atoms with Crippen molar-refractivity contribution in [2.75, 3.05) is 0 Å². The van der Waals surface area contributed by atoms with Crippen LogP contribution in [0.3, 0.4) is 0 Å². The van der Waals surface area contributed by atoms with Gasteiger partial charge < -0.3 is 0 Å². The zero-order valence-electron chi connectivity index (χ0n) is 12.2. The first-order valence-corrected chi connectivity index (χ1v) is 8.44. The van der Waals surface area contributed by atoms with Gasteiger partial charge in [0.15, 0.2) is 5.78 Å². The highest BCUT2D eigenvalue weighted by Crippen LogP contribution is 2.17. The van der Waals surface area contributed by atoms with E-state index in [0.717, 1.165) is 17.4 Å². The molecule has 2 N–H and O–H groups in total. The molecule has 2 aromatic rings. The van der Waals surface area contributed by atoms with E-state index in [4.69, 9.17) is 5.14 Å². The number of aryl methyl sites for hydroxylation is 1. The highest BCUT2D eigenvalue weighted by molar-refractivity contribution is 7.92. The molecule has 0 saturated carbocycles. The maximum atomic E-state index is 12.5. The average molecular weight is 315 g/mol. The minimum Gasteiger partial charge on any atom is -0.289 e. The summed E-state index contributed by atoms with van der Waals surface area (Å²) in [5.41, 5.74) is 2.71. The van der Waals surface area contributed by atoms with Crippen LogP contribution >= 0.6 is 0 Å². The second-order valence-electron chi connectivity index (χ2n) is 4.90. The Kier molecular flexibility index (Phi) is 4.90. The van der Waals surface area contributed by atoms with Gasteiger partial charge in [0.05, 0.1) is 0 Å². The molecule has 0 aliphatic carbocycles. The van der Waals surface area contributed by atoms with E-state index in [1.165, 1.54) is 6.08 Å². The number of nitrogens with two attached hydrogens (primary N) is 1. The van der Waals surface area contributed by atoms with Gasteiger partial charge in [-0.1, -0.05) is 43.3 Å². The molecule has 0 atom stereocenters. The predicted octanol–water partition coefficient (Wildman–Crippen LogP) is 2.74. The molecule has 22 heavy (non-hydrogen) atoms. The lowest BCUT2D eigenvalue weighted by atomic mass is 9.98. The average Bonchev–Trinajstić information content (AvgIpc) is 2.52. The number of ketones is 1. The molecule has 114 valence electrons. The Labute approximate surface area is 130 Å². The zero-order chi connectivity index (χ0) is 16.2. The molecule has 0 aliphatic heterocycles. The van der Waals surface area contributed by atoms with Crippen LogP contribution in [0.15, 0.2) is 53.9 Å². The standard InChI is InChI=1S/C17H17NO3S/c1-2-13-10-14(8-9-22(18,20)21)12-16(11-13)17(19)15-6-4-3-5-7-15/h3-12H,2H2,1H3,(H2,18,20,21)/b9-8+. The normalized spacial score (nSPS) is 11.7. The molecular formula is C17H17NO3S. The SMILES string of the molecule is CCc1cc(/C=C/S(N)(=O)=O)cc(C(=O)c2ccccc2)c1. The smallest absolute Gasteiger partial charge is 0.231 e. The van der Waals surface area contributed by atoms with E-state index in [2.05, 4.69) is 0 Å². The fourth-order valence-electron chi connectivity index (χ4n) is 2.08. The Bertz CT molecular complexity index is 809. The van der Waals surface area contributed by atoms with Gasteiger partial charge in [-0.05, 0) is 35.8 Å². The van der Waals surface area contributed by atoms with Crippen molar-refractivity contribution in [3.63, 3.8) is 0 Å². The number of primary sulfonamides is 1. The highest BCUT2D eigenvalue weighted by atomic mass is 32.2. The van der Waals surface area contributed by atoms with Gasteiger partial charge in [0.1, 0.15) is 0 Å². The van der Waals surface area contributed by atoms with Crippen molar-refractivity contribution >= 4 is 21.9 Å². The first-order valence-electron chi connectivity index (χ1n) is 6.83. The van der Waals surface area contributed by atoms with E-state index in [1.54, 1.807) is 30.3 Å². The lowest BCUT2D eigenvalue weighted by Gasteiger charge is -2.06. The summed E-state index contributed by atoms with van der Waals surface area (Å²) in [4.78, 5) is 12.5. The molecule has 0 bridgehead atoms. The molecule has 0 aromatic heterocycles. The van der Waals surface area contributed by atoms with Crippen molar-refractivity contribution in [1.29, 1.82) is 0 Å². The summed E-state index contributed by atoms with van der Waals surface area (Å²) in [6.45, 7) is 1.97. The summed E-state index contributed by atoms with van der Waals surface area (Å²) in [7, 11) is -3.69. The molecule has 0 amide bonds. The van der Waals surface area contributed by atoms with E-state index in [-0.39, 0.29) is 5.78 Å². The highest BCUT2D eigenvalue weighted by Gasteiger charge is 2.10. The van der Waals surface area contributed by atoms with Crippen molar-refractivity contribution in [2.24, 2.45) is 5.14 Å². The Morgan fingerprint density at radius 2 is 1.77 bits per heavy atom. The third-order valence-electron chi connectivity index (χ3n) is 3.17. The van der Waals surface area contributed by atoms with Crippen LogP contribution in [0.25, 0.3) is 6.08 Å². The van der Waals surface area contributed by atoms with Gasteiger partial charge in [-0.3, -0.25) is 4.79 Å². The van der Waals surface area contributed by atoms with Crippen LogP contribution in [-0.4, -0.2) is 14.2 Å². The molecule has 0 saturated heterocycles. The largest absolute Gasteiger partial charge is 0.289 e. The van der Waals surface area contributed by atoms with Gasteiger partial charge in [0, 0.05) is 16.5 Å². The number of sulfonamides is 1. The van der Waals surface area contributed by atoms with Gasteiger partial charge in [-0.25, -0.2) is 13.6 Å². The minimum atomic E-state index is -3.69. The number of carbonyl (C=O) groups is 1. The van der Waals surface area contributed by atoms with E-state index >= 15 is 0 Å². The fourth-order valence-corrected chi connectivity index (χ4v) is 2.43. The number of hydrogen-bond acceptors (Lipinski definition) is 3. The van der Waals surface area contributed by atoms with Crippen LogP contribution < -0.4 is 5.14 Å². The van der Waals surface area contributed by atoms with Crippen LogP contribution in [0.2, 0.25) is 0 Å². The summed E-state index contributed by atoms with van der Waals surface area (Å²) >= 11 is 0. The molecule has 5 heteroatoms. The lowest BCUT2D eigenvalue weighted by molar-refractivity contribution is 0.103. The molecule has 2 aromatic carbocycles. The molecule has 0 fully saturated rings. The van der Waals surface area contributed by atoms with Crippen molar-refractivity contribution in [3.05, 3.63) is 76.2 Å². The molecule has 0 aliphatic rings. The van der Waals surface area contributed by atoms with E-state index < -0.39 is 10.0 Å². The quantitative estimate of drug-likeness (QED) is 0.862. The van der Waals surface area contributed by atoms with Gasteiger partial charge in [0.25, 0.3) is 0 Å². The third kappa shape index (κ3) is 4.38. The minimum absolute atomic E-state index is 0.0962. The molecular weight excluding hydrogens is 298 g/mol.